The standard InChI is InChI=1S/C16H22Cl2N2O/c1-11-5-7-20(8-6-11)15(21)9-12(10-19)16-13(17)3-2-4-14(16)18/h2-4,11-12H,5-10,19H2,1H3. The lowest BCUT2D eigenvalue weighted by molar-refractivity contribution is -0.132. The highest BCUT2D eigenvalue weighted by Crippen LogP contribution is 2.33. The molecule has 0 aromatic heterocycles. The molecule has 2 N–H and O–H groups in total. The summed E-state index contributed by atoms with van der Waals surface area (Å²) >= 11 is 12.5. The second-order valence-electron chi connectivity index (χ2n) is 5.84. The lowest BCUT2D eigenvalue weighted by atomic mass is 9.93. The van der Waals surface area contributed by atoms with Gasteiger partial charge in [0.25, 0.3) is 0 Å². The molecule has 0 saturated carbocycles. The van der Waals surface area contributed by atoms with Crippen LogP contribution in [-0.2, 0) is 4.79 Å². The fourth-order valence-electron chi connectivity index (χ4n) is 2.80. The van der Waals surface area contributed by atoms with Crippen molar-refractivity contribution < 1.29 is 4.79 Å². The Kier molecular flexibility index (Phi) is 5.91. The molecule has 116 valence electrons. The molecule has 0 aliphatic carbocycles. The van der Waals surface area contributed by atoms with Crippen LogP contribution >= 0.6 is 23.2 Å². The van der Waals surface area contributed by atoms with Crippen LogP contribution in [0.25, 0.3) is 0 Å². The van der Waals surface area contributed by atoms with Crippen molar-refractivity contribution in [1.82, 2.24) is 4.90 Å². The Morgan fingerprint density at radius 2 is 1.90 bits per heavy atom. The molecule has 0 radical (unpaired) electrons. The Balaban J connectivity index is 2.07. The summed E-state index contributed by atoms with van der Waals surface area (Å²) in [7, 11) is 0. The van der Waals surface area contributed by atoms with Gasteiger partial charge in [-0.3, -0.25) is 4.79 Å². The molecule has 1 saturated heterocycles. The summed E-state index contributed by atoms with van der Waals surface area (Å²) in [5, 5.41) is 1.16. The molecule has 21 heavy (non-hydrogen) atoms. The number of hydrogen-bond acceptors (Lipinski definition) is 2. The molecule has 0 spiro atoms. The Morgan fingerprint density at radius 3 is 2.43 bits per heavy atom. The van der Waals surface area contributed by atoms with Crippen LogP contribution in [0.2, 0.25) is 10.0 Å². The molecular formula is C16H22Cl2N2O. The van der Waals surface area contributed by atoms with Gasteiger partial charge in [0, 0.05) is 35.5 Å². The van der Waals surface area contributed by atoms with Crippen molar-refractivity contribution in [3.05, 3.63) is 33.8 Å². The van der Waals surface area contributed by atoms with E-state index in [2.05, 4.69) is 6.92 Å². The molecule has 1 aromatic rings. The Labute approximate surface area is 136 Å². The average Bonchev–Trinajstić information content (AvgIpc) is 2.46. The van der Waals surface area contributed by atoms with Crippen LogP contribution in [-0.4, -0.2) is 30.4 Å². The van der Waals surface area contributed by atoms with Crippen molar-refractivity contribution >= 4 is 29.1 Å². The zero-order valence-corrected chi connectivity index (χ0v) is 13.8. The monoisotopic (exact) mass is 328 g/mol. The van der Waals surface area contributed by atoms with E-state index in [0.717, 1.165) is 31.5 Å². The lowest BCUT2D eigenvalue weighted by Gasteiger charge is -2.31. The zero-order valence-electron chi connectivity index (χ0n) is 12.3. The van der Waals surface area contributed by atoms with Gasteiger partial charge in [0.15, 0.2) is 0 Å². The molecule has 1 fully saturated rings. The maximum atomic E-state index is 12.5. The van der Waals surface area contributed by atoms with Gasteiger partial charge in [0.2, 0.25) is 5.91 Å². The summed E-state index contributed by atoms with van der Waals surface area (Å²) in [4.78, 5) is 14.4. The summed E-state index contributed by atoms with van der Waals surface area (Å²) in [6, 6.07) is 5.38. The number of amides is 1. The van der Waals surface area contributed by atoms with Crippen LogP contribution in [0.4, 0.5) is 0 Å². The second-order valence-corrected chi connectivity index (χ2v) is 6.65. The van der Waals surface area contributed by atoms with E-state index in [1.807, 2.05) is 4.90 Å². The van der Waals surface area contributed by atoms with Crippen molar-refractivity contribution in [2.24, 2.45) is 11.7 Å². The summed E-state index contributed by atoms with van der Waals surface area (Å²) in [6.45, 7) is 4.27. The van der Waals surface area contributed by atoms with Gasteiger partial charge in [0.05, 0.1) is 0 Å². The minimum atomic E-state index is -0.127. The van der Waals surface area contributed by atoms with Crippen LogP contribution in [0.1, 0.15) is 37.7 Å². The van der Waals surface area contributed by atoms with Crippen LogP contribution in [0.3, 0.4) is 0 Å². The van der Waals surface area contributed by atoms with E-state index < -0.39 is 0 Å². The predicted molar refractivity (Wildman–Crippen MR) is 87.9 cm³/mol. The van der Waals surface area contributed by atoms with Crippen LogP contribution < -0.4 is 5.73 Å². The molecular weight excluding hydrogens is 307 g/mol. The maximum Gasteiger partial charge on any atom is 0.223 e. The summed E-state index contributed by atoms with van der Waals surface area (Å²) in [5.74, 6) is 0.726. The van der Waals surface area contributed by atoms with Gasteiger partial charge < -0.3 is 10.6 Å². The van der Waals surface area contributed by atoms with Gasteiger partial charge >= 0.3 is 0 Å². The highest BCUT2D eigenvalue weighted by atomic mass is 35.5. The van der Waals surface area contributed by atoms with Crippen molar-refractivity contribution in [3.8, 4) is 0 Å². The van der Waals surface area contributed by atoms with Gasteiger partial charge in [-0.25, -0.2) is 0 Å². The number of carbonyl (C=O) groups is 1. The molecule has 0 bridgehead atoms. The quantitative estimate of drug-likeness (QED) is 0.916. The fraction of sp³-hybridized carbons (Fsp3) is 0.562. The van der Waals surface area contributed by atoms with Gasteiger partial charge in [-0.05, 0) is 43.0 Å². The molecule has 1 heterocycles. The largest absolute Gasteiger partial charge is 0.343 e. The van der Waals surface area contributed by atoms with Crippen molar-refractivity contribution in [2.45, 2.75) is 32.1 Å². The minimum absolute atomic E-state index is 0.127. The number of likely N-dealkylation sites (tertiary alicyclic amines) is 1. The number of benzene rings is 1. The highest BCUT2D eigenvalue weighted by Gasteiger charge is 2.25. The molecule has 5 heteroatoms. The smallest absolute Gasteiger partial charge is 0.223 e. The van der Waals surface area contributed by atoms with Gasteiger partial charge in [-0.2, -0.15) is 0 Å². The summed E-state index contributed by atoms with van der Waals surface area (Å²) in [6.07, 6.45) is 2.52. The molecule has 1 aliphatic rings. The van der Waals surface area contributed by atoms with E-state index in [-0.39, 0.29) is 11.8 Å². The number of nitrogens with zero attached hydrogens (tertiary/aromatic N) is 1. The molecule has 2 rings (SSSR count). The average molecular weight is 329 g/mol. The Morgan fingerprint density at radius 1 is 1.33 bits per heavy atom. The molecule has 1 aromatic carbocycles. The van der Waals surface area contributed by atoms with E-state index in [1.54, 1.807) is 18.2 Å². The van der Waals surface area contributed by atoms with Crippen molar-refractivity contribution in [1.29, 1.82) is 0 Å². The van der Waals surface area contributed by atoms with Gasteiger partial charge in [0.1, 0.15) is 0 Å². The third-order valence-electron chi connectivity index (χ3n) is 4.25. The number of halogens is 2. The van der Waals surface area contributed by atoms with E-state index in [4.69, 9.17) is 28.9 Å². The van der Waals surface area contributed by atoms with Crippen LogP contribution in [0.5, 0.6) is 0 Å². The van der Waals surface area contributed by atoms with Crippen LogP contribution in [0.15, 0.2) is 18.2 Å². The third kappa shape index (κ3) is 4.12. The first-order valence-electron chi connectivity index (χ1n) is 7.44. The van der Waals surface area contributed by atoms with Gasteiger partial charge in [-0.15, -0.1) is 0 Å². The molecule has 1 atom stereocenters. The zero-order chi connectivity index (χ0) is 15.4. The first-order chi connectivity index (χ1) is 10.0. The maximum absolute atomic E-state index is 12.5. The third-order valence-corrected chi connectivity index (χ3v) is 4.91. The van der Waals surface area contributed by atoms with Crippen molar-refractivity contribution in [3.63, 3.8) is 0 Å². The number of hydrogen-bond donors (Lipinski definition) is 1. The number of carbonyl (C=O) groups excluding carboxylic acids is 1. The lowest BCUT2D eigenvalue weighted by Crippen LogP contribution is -2.39. The number of nitrogens with two attached hydrogens (primary N) is 1. The number of piperidine rings is 1. The summed E-state index contributed by atoms with van der Waals surface area (Å²) < 4.78 is 0. The topological polar surface area (TPSA) is 46.3 Å². The van der Waals surface area contributed by atoms with E-state index in [9.17, 15) is 4.79 Å². The second kappa shape index (κ2) is 7.48. The molecule has 1 unspecified atom stereocenters. The van der Waals surface area contributed by atoms with Crippen LogP contribution in [0, 0.1) is 5.92 Å². The molecule has 3 nitrogen and oxygen atoms in total. The van der Waals surface area contributed by atoms with E-state index in [1.165, 1.54) is 0 Å². The van der Waals surface area contributed by atoms with Crippen molar-refractivity contribution in [2.75, 3.05) is 19.6 Å². The predicted octanol–water partition coefficient (Wildman–Crippen LogP) is 3.68. The highest BCUT2D eigenvalue weighted by molar-refractivity contribution is 6.36. The minimum Gasteiger partial charge on any atom is -0.343 e. The fourth-order valence-corrected chi connectivity index (χ4v) is 3.51. The first-order valence-corrected chi connectivity index (χ1v) is 8.20. The SMILES string of the molecule is CC1CCN(C(=O)CC(CN)c2c(Cl)cccc2Cl)CC1. The molecule has 1 amide bonds. The van der Waals surface area contributed by atoms with E-state index >= 15 is 0 Å². The molecule has 1 aliphatic heterocycles. The Hall–Kier alpha value is -0.770. The first kappa shape index (κ1) is 16.6. The number of rotatable bonds is 4. The van der Waals surface area contributed by atoms with Gasteiger partial charge in [-0.1, -0.05) is 36.2 Å². The van der Waals surface area contributed by atoms with E-state index in [0.29, 0.717) is 28.9 Å². The summed E-state index contributed by atoms with van der Waals surface area (Å²) in [5.41, 5.74) is 6.65. The Bertz CT molecular complexity index is 479. The normalized spacial score (nSPS) is 17.8.